The predicted molar refractivity (Wildman–Crippen MR) is 62.4 cm³/mol. The van der Waals surface area contributed by atoms with Crippen LogP contribution in [0.1, 0.15) is 33.1 Å². The topological polar surface area (TPSA) is 46.3 Å². The third-order valence-electron chi connectivity index (χ3n) is 2.64. The van der Waals surface area contributed by atoms with Crippen molar-refractivity contribution in [2.45, 2.75) is 45.2 Å². The van der Waals surface area contributed by atoms with E-state index in [2.05, 4.69) is 20.4 Å². The van der Waals surface area contributed by atoms with Gasteiger partial charge in [0.2, 0.25) is 5.91 Å². The zero-order chi connectivity index (χ0) is 11.4. The molecule has 1 rings (SSSR count). The number of nitrogens with zero attached hydrogens (tertiary/aromatic N) is 1. The molecule has 0 aromatic rings. The van der Waals surface area contributed by atoms with Gasteiger partial charge in [0.05, 0.1) is 6.04 Å². The molecule has 0 aromatic heterocycles. The number of amides is 1. The molecule has 0 saturated heterocycles. The van der Waals surface area contributed by atoms with E-state index < -0.39 is 0 Å². The lowest BCUT2D eigenvalue weighted by atomic mass is 10.0. The maximum Gasteiger partial charge on any atom is 0.240 e. The minimum Gasteiger partial charge on any atom is -0.335 e. The molecule has 2 N–H and O–H groups in total. The Bertz CT molecular complexity index is 234. The Hall–Kier alpha value is -0.830. The Balaban J connectivity index is 2.50. The lowest BCUT2D eigenvalue weighted by Crippen LogP contribution is -2.45. The maximum absolute atomic E-state index is 12.0. The van der Waals surface area contributed by atoms with E-state index in [1.807, 2.05) is 4.90 Å². The first-order chi connectivity index (χ1) is 7.06. The SMILES string of the molecule is C=CCN(C(=O)[C@@H](N)CC(C)C)C1CC1. The number of hydrogen-bond donors (Lipinski definition) is 1. The highest BCUT2D eigenvalue weighted by Crippen LogP contribution is 2.27. The highest BCUT2D eigenvalue weighted by molar-refractivity contribution is 5.82. The Morgan fingerprint density at radius 3 is 2.60 bits per heavy atom. The molecule has 15 heavy (non-hydrogen) atoms. The summed E-state index contributed by atoms with van der Waals surface area (Å²) < 4.78 is 0. The van der Waals surface area contributed by atoms with Crippen LogP contribution in [0.3, 0.4) is 0 Å². The highest BCUT2D eigenvalue weighted by atomic mass is 16.2. The van der Waals surface area contributed by atoms with Crippen molar-refractivity contribution < 1.29 is 4.79 Å². The number of rotatable bonds is 6. The molecular formula is C12H22N2O. The smallest absolute Gasteiger partial charge is 0.240 e. The van der Waals surface area contributed by atoms with E-state index in [0.29, 0.717) is 18.5 Å². The first kappa shape index (κ1) is 12.2. The van der Waals surface area contributed by atoms with Gasteiger partial charge in [0.25, 0.3) is 0 Å². The summed E-state index contributed by atoms with van der Waals surface area (Å²) in [6.45, 7) is 8.48. The molecule has 86 valence electrons. The quantitative estimate of drug-likeness (QED) is 0.676. The number of carbonyl (C=O) groups excluding carboxylic acids is 1. The predicted octanol–water partition coefficient (Wildman–Crippen LogP) is 1.54. The molecule has 0 spiro atoms. The summed E-state index contributed by atoms with van der Waals surface area (Å²) in [7, 11) is 0. The van der Waals surface area contributed by atoms with Crippen molar-refractivity contribution in [2.75, 3.05) is 6.54 Å². The molecule has 1 fully saturated rings. The van der Waals surface area contributed by atoms with E-state index in [1.165, 1.54) is 0 Å². The molecule has 1 saturated carbocycles. The van der Waals surface area contributed by atoms with Crippen molar-refractivity contribution in [3.05, 3.63) is 12.7 Å². The largest absolute Gasteiger partial charge is 0.335 e. The summed E-state index contributed by atoms with van der Waals surface area (Å²) in [4.78, 5) is 13.9. The van der Waals surface area contributed by atoms with Gasteiger partial charge in [0.1, 0.15) is 0 Å². The van der Waals surface area contributed by atoms with Gasteiger partial charge < -0.3 is 10.6 Å². The third kappa shape index (κ3) is 3.67. The number of hydrogen-bond acceptors (Lipinski definition) is 2. The van der Waals surface area contributed by atoms with Crippen molar-refractivity contribution in [1.82, 2.24) is 4.90 Å². The molecule has 0 bridgehead atoms. The van der Waals surface area contributed by atoms with Gasteiger partial charge in [0, 0.05) is 12.6 Å². The van der Waals surface area contributed by atoms with Gasteiger partial charge in [-0.05, 0) is 25.2 Å². The minimum absolute atomic E-state index is 0.0890. The summed E-state index contributed by atoms with van der Waals surface area (Å²) in [6.07, 6.45) is 4.78. The van der Waals surface area contributed by atoms with Crippen LogP contribution in [0.2, 0.25) is 0 Å². The maximum atomic E-state index is 12.0. The van der Waals surface area contributed by atoms with E-state index in [9.17, 15) is 4.79 Å². The van der Waals surface area contributed by atoms with E-state index >= 15 is 0 Å². The summed E-state index contributed by atoms with van der Waals surface area (Å²) in [5.41, 5.74) is 5.89. The Labute approximate surface area is 92.3 Å². The number of nitrogens with two attached hydrogens (primary N) is 1. The fourth-order valence-corrected chi connectivity index (χ4v) is 1.77. The molecule has 1 amide bonds. The van der Waals surface area contributed by atoms with Crippen molar-refractivity contribution >= 4 is 5.91 Å². The highest BCUT2D eigenvalue weighted by Gasteiger charge is 2.33. The van der Waals surface area contributed by atoms with Crippen LogP contribution in [-0.2, 0) is 4.79 Å². The molecule has 0 unspecified atom stereocenters. The van der Waals surface area contributed by atoms with Crippen molar-refractivity contribution in [1.29, 1.82) is 0 Å². The van der Waals surface area contributed by atoms with Crippen molar-refractivity contribution in [3.63, 3.8) is 0 Å². The van der Waals surface area contributed by atoms with Gasteiger partial charge in [-0.25, -0.2) is 0 Å². The summed E-state index contributed by atoms with van der Waals surface area (Å²) >= 11 is 0. The summed E-state index contributed by atoms with van der Waals surface area (Å²) in [5.74, 6) is 0.555. The molecule has 1 aliphatic rings. The molecule has 1 atom stereocenters. The van der Waals surface area contributed by atoms with Crippen LogP contribution in [0, 0.1) is 5.92 Å². The van der Waals surface area contributed by atoms with E-state index in [1.54, 1.807) is 6.08 Å². The van der Waals surface area contributed by atoms with E-state index in [-0.39, 0.29) is 11.9 Å². The standard InChI is InChI=1S/C12H22N2O/c1-4-7-14(10-5-6-10)12(15)11(13)8-9(2)3/h4,9-11H,1,5-8,13H2,2-3H3/t11-/m0/s1. The third-order valence-corrected chi connectivity index (χ3v) is 2.64. The van der Waals surface area contributed by atoms with Gasteiger partial charge in [-0.1, -0.05) is 19.9 Å². The number of carbonyl (C=O) groups is 1. The molecule has 0 heterocycles. The molecule has 3 nitrogen and oxygen atoms in total. The van der Waals surface area contributed by atoms with Crippen LogP contribution in [0.5, 0.6) is 0 Å². The lowest BCUT2D eigenvalue weighted by Gasteiger charge is -2.25. The molecule has 0 aromatic carbocycles. The first-order valence-electron chi connectivity index (χ1n) is 5.73. The second-order valence-corrected chi connectivity index (χ2v) is 4.75. The summed E-state index contributed by atoms with van der Waals surface area (Å²) in [5, 5.41) is 0. The Morgan fingerprint density at radius 1 is 1.60 bits per heavy atom. The molecule has 0 radical (unpaired) electrons. The van der Waals surface area contributed by atoms with Gasteiger partial charge >= 0.3 is 0 Å². The summed E-state index contributed by atoms with van der Waals surface area (Å²) in [6, 6.07) is 0.0827. The Morgan fingerprint density at radius 2 is 2.20 bits per heavy atom. The monoisotopic (exact) mass is 210 g/mol. The van der Waals surface area contributed by atoms with Crippen LogP contribution in [0.4, 0.5) is 0 Å². The van der Waals surface area contributed by atoms with Gasteiger partial charge in [-0.15, -0.1) is 6.58 Å². The molecule has 3 heteroatoms. The van der Waals surface area contributed by atoms with Gasteiger partial charge in [-0.2, -0.15) is 0 Å². The minimum atomic E-state index is -0.342. The first-order valence-corrected chi connectivity index (χ1v) is 5.73. The van der Waals surface area contributed by atoms with Crippen LogP contribution in [-0.4, -0.2) is 29.4 Å². The normalized spacial score (nSPS) is 17.6. The van der Waals surface area contributed by atoms with Crippen LogP contribution in [0.15, 0.2) is 12.7 Å². The van der Waals surface area contributed by atoms with Crippen LogP contribution >= 0.6 is 0 Å². The lowest BCUT2D eigenvalue weighted by molar-refractivity contribution is -0.133. The average Bonchev–Trinajstić information content (AvgIpc) is 2.95. The second-order valence-electron chi connectivity index (χ2n) is 4.75. The van der Waals surface area contributed by atoms with Crippen LogP contribution in [0.25, 0.3) is 0 Å². The zero-order valence-corrected chi connectivity index (χ0v) is 9.78. The molecule has 0 aliphatic heterocycles. The van der Waals surface area contributed by atoms with Crippen molar-refractivity contribution in [2.24, 2.45) is 11.7 Å². The van der Waals surface area contributed by atoms with Crippen LogP contribution < -0.4 is 5.73 Å². The van der Waals surface area contributed by atoms with Gasteiger partial charge in [-0.3, -0.25) is 4.79 Å². The molecular weight excluding hydrogens is 188 g/mol. The van der Waals surface area contributed by atoms with Crippen molar-refractivity contribution in [3.8, 4) is 0 Å². The fraction of sp³-hybridized carbons (Fsp3) is 0.750. The van der Waals surface area contributed by atoms with E-state index in [0.717, 1.165) is 19.3 Å². The second kappa shape index (κ2) is 5.31. The van der Waals surface area contributed by atoms with E-state index in [4.69, 9.17) is 5.73 Å². The molecule has 1 aliphatic carbocycles. The van der Waals surface area contributed by atoms with Gasteiger partial charge in [0.15, 0.2) is 0 Å². The zero-order valence-electron chi connectivity index (χ0n) is 9.78. The average molecular weight is 210 g/mol. The fourth-order valence-electron chi connectivity index (χ4n) is 1.77. The Kier molecular flexibility index (Phi) is 4.33.